The maximum absolute atomic E-state index is 9.95. The molecule has 0 radical (unpaired) electrons. The van der Waals surface area contributed by atoms with Gasteiger partial charge in [-0.1, -0.05) is 5.16 Å². The van der Waals surface area contributed by atoms with Crippen LogP contribution in [-0.4, -0.2) is 34.6 Å². The first-order valence-corrected chi connectivity index (χ1v) is 2.61. The molecule has 6 nitrogen and oxygen atoms in total. The molecule has 0 spiro atoms. The maximum Gasteiger partial charge on any atom is 0.160 e. The van der Waals surface area contributed by atoms with Crippen LogP contribution in [0.5, 0.6) is 0 Å². The van der Waals surface area contributed by atoms with Crippen LogP contribution in [0, 0.1) is 10.1 Å². The van der Waals surface area contributed by atoms with Crippen molar-refractivity contribution in [1.29, 1.82) is 0 Å². The molecule has 0 aliphatic rings. The number of hydrogen-bond donors (Lipinski definition) is 1. The SMILES string of the molecule is C/C(CN(C)[N+](=O)[O-])=N\O. The van der Waals surface area contributed by atoms with Gasteiger partial charge in [0, 0.05) is 0 Å². The van der Waals surface area contributed by atoms with Crippen LogP contribution in [0.3, 0.4) is 0 Å². The molecule has 58 valence electrons. The van der Waals surface area contributed by atoms with Gasteiger partial charge in [0.05, 0.1) is 12.8 Å². The summed E-state index contributed by atoms with van der Waals surface area (Å²) in [7, 11) is 1.30. The van der Waals surface area contributed by atoms with E-state index >= 15 is 0 Å². The van der Waals surface area contributed by atoms with Crippen molar-refractivity contribution in [2.24, 2.45) is 5.16 Å². The highest BCUT2D eigenvalue weighted by Gasteiger charge is 2.07. The van der Waals surface area contributed by atoms with Gasteiger partial charge < -0.3 is 5.21 Å². The largest absolute Gasteiger partial charge is 0.411 e. The quantitative estimate of drug-likeness (QED) is 0.263. The van der Waals surface area contributed by atoms with E-state index in [-0.39, 0.29) is 6.54 Å². The molecular formula is C4H9N3O3. The molecule has 0 fully saturated rings. The second-order valence-corrected chi connectivity index (χ2v) is 1.89. The molecule has 1 N–H and O–H groups in total. The van der Waals surface area contributed by atoms with Gasteiger partial charge in [-0.05, 0) is 6.92 Å². The Kier molecular flexibility index (Phi) is 3.16. The summed E-state index contributed by atoms with van der Waals surface area (Å²) in [6.07, 6.45) is 0. The molecule has 0 aliphatic carbocycles. The van der Waals surface area contributed by atoms with Crippen molar-refractivity contribution in [2.75, 3.05) is 13.6 Å². The lowest BCUT2D eigenvalue weighted by Crippen LogP contribution is -2.30. The van der Waals surface area contributed by atoms with Crippen molar-refractivity contribution >= 4 is 5.71 Å². The van der Waals surface area contributed by atoms with E-state index in [1.54, 1.807) is 0 Å². The molecule has 0 heterocycles. The smallest absolute Gasteiger partial charge is 0.160 e. The van der Waals surface area contributed by atoms with E-state index in [1.165, 1.54) is 14.0 Å². The summed E-state index contributed by atoms with van der Waals surface area (Å²) in [5.74, 6) is 0. The average Bonchev–Trinajstić information content (AvgIpc) is 1.87. The fourth-order valence-corrected chi connectivity index (χ4v) is 0.421. The minimum atomic E-state index is -0.575. The first-order valence-electron chi connectivity index (χ1n) is 2.61. The van der Waals surface area contributed by atoms with Gasteiger partial charge in [0.15, 0.2) is 5.03 Å². The molecule has 0 aromatic carbocycles. The summed E-state index contributed by atoms with van der Waals surface area (Å²) in [5, 5.41) is 21.1. The second kappa shape index (κ2) is 3.65. The van der Waals surface area contributed by atoms with Crippen LogP contribution in [0.4, 0.5) is 0 Å². The fourth-order valence-electron chi connectivity index (χ4n) is 0.421. The van der Waals surface area contributed by atoms with Crippen LogP contribution in [-0.2, 0) is 0 Å². The highest BCUT2D eigenvalue weighted by molar-refractivity contribution is 5.83. The predicted molar refractivity (Wildman–Crippen MR) is 34.5 cm³/mol. The molecule has 0 atom stereocenters. The Balaban J connectivity index is 3.80. The van der Waals surface area contributed by atoms with Crippen LogP contribution in [0.1, 0.15) is 6.92 Å². The Morgan fingerprint density at radius 2 is 2.40 bits per heavy atom. The van der Waals surface area contributed by atoms with Crippen LogP contribution in [0.2, 0.25) is 0 Å². The fraction of sp³-hybridized carbons (Fsp3) is 0.750. The minimum absolute atomic E-state index is 0.0312. The first kappa shape index (κ1) is 8.67. The third-order valence-corrected chi connectivity index (χ3v) is 0.907. The molecule has 0 amide bonds. The summed E-state index contributed by atoms with van der Waals surface area (Å²) in [6, 6.07) is 0. The third-order valence-electron chi connectivity index (χ3n) is 0.907. The van der Waals surface area contributed by atoms with E-state index in [1.807, 2.05) is 0 Å². The Bertz CT molecular complexity index is 156. The number of hydrogen-bond acceptors (Lipinski definition) is 4. The number of hydrazine groups is 1. The Hall–Kier alpha value is -1.33. The highest BCUT2D eigenvalue weighted by Crippen LogP contribution is 1.83. The Morgan fingerprint density at radius 1 is 1.90 bits per heavy atom. The molecule has 0 aromatic heterocycles. The van der Waals surface area contributed by atoms with Crippen LogP contribution < -0.4 is 0 Å². The zero-order chi connectivity index (χ0) is 8.15. The zero-order valence-electron chi connectivity index (χ0n) is 5.81. The van der Waals surface area contributed by atoms with Gasteiger partial charge in [0.25, 0.3) is 0 Å². The standard InChI is InChI=1S/C4H9N3O3/c1-4(5-8)3-6(2)7(9)10/h8H,3H2,1-2H3/b5-4+. The first-order chi connectivity index (χ1) is 4.57. The molecule has 0 saturated heterocycles. The summed E-state index contributed by atoms with van der Waals surface area (Å²) in [6.45, 7) is 1.53. The van der Waals surface area contributed by atoms with Crippen molar-refractivity contribution in [3.05, 3.63) is 10.1 Å². The Labute approximate surface area is 57.9 Å². The summed E-state index contributed by atoms with van der Waals surface area (Å²) in [5.41, 5.74) is 0.305. The molecule has 0 aromatic rings. The second-order valence-electron chi connectivity index (χ2n) is 1.89. The van der Waals surface area contributed by atoms with Gasteiger partial charge in [-0.3, -0.25) is 0 Å². The third kappa shape index (κ3) is 2.85. The van der Waals surface area contributed by atoms with Crippen molar-refractivity contribution < 1.29 is 10.2 Å². The van der Waals surface area contributed by atoms with Crippen molar-refractivity contribution in [2.45, 2.75) is 6.92 Å². The number of nitro groups is 1. The normalized spacial score (nSPS) is 11.2. The lowest BCUT2D eigenvalue weighted by atomic mass is 10.4. The van der Waals surface area contributed by atoms with Gasteiger partial charge >= 0.3 is 0 Å². The predicted octanol–water partition coefficient (Wildman–Crippen LogP) is -0.0400. The molecule has 6 heteroatoms. The maximum atomic E-state index is 9.95. The molecule has 0 aliphatic heterocycles. The van der Waals surface area contributed by atoms with E-state index in [0.717, 1.165) is 5.01 Å². The van der Waals surface area contributed by atoms with Gasteiger partial charge in [0.1, 0.15) is 6.54 Å². The van der Waals surface area contributed by atoms with E-state index < -0.39 is 5.03 Å². The number of rotatable bonds is 3. The summed E-state index contributed by atoms with van der Waals surface area (Å²) >= 11 is 0. The monoisotopic (exact) mass is 147 g/mol. The van der Waals surface area contributed by atoms with Crippen molar-refractivity contribution in [3.63, 3.8) is 0 Å². The summed E-state index contributed by atoms with van der Waals surface area (Å²) in [4.78, 5) is 9.95. The topological polar surface area (TPSA) is 79.0 Å². The van der Waals surface area contributed by atoms with Crippen molar-refractivity contribution in [3.8, 4) is 0 Å². The molecule has 0 rings (SSSR count). The zero-order valence-corrected chi connectivity index (χ0v) is 5.81. The molecular weight excluding hydrogens is 138 g/mol. The van der Waals surface area contributed by atoms with Gasteiger partial charge in [-0.25, -0.2) is 10.1 Å². The molecule has 0 saturated carbocycles. The number of oxime groups is 1. The van der Waals surface area contributed by atoms with Gasteiger partial charge in [-0.2, -0.15) is 0 Å². The summed E-state index contributed by atoms with van der Waals surface area (Å²) < 4.78 is 0. The molecule has 0 bridgehead atoms. The Morgan fingerprint density at radius 3 is 2.70 bits per heavy atom. The lowest BCUT2D eigenvalue weighted by molar-refractivity contribution is -0.645. The van der Waals surface area contributed by atoms with E-state index in [2.05, 4.69) is 5.16 Å². The minimum Gasteiger partial charge on any atom is -0.411 e. The van der Waals surface area contributed by atoms with Crippen molar-refractivity contribution in [1.82, 2.24) is 5.01 Å². The van der Waals surface area contributed by atoms with E-state index in [0.29, 0.717) is 5.71 Å². The van der Waals surface area contributed by atoms with Gasteiger partial charge in [-0.15, -0.1) is 5.01 Å². The van der Waals surface area contributed by atoms with Crippen LogP contribution >= 0.6 is 0 Å². The van der Waals surface area contributed by atoms with Crippen LogP contribution in [0.15, 0.2) is 5.16 Å². The number of nitrogens with zero attached hydrogens (tertiary/aromatic N) is 3. The molecule has 10 heavy (non-hydrogen) atoms. The van der Waals surface area contributed by atoms with Gasteiger partial charge in [0.2, 0.25) is 0 Å². The molecule has 0 unspecified atom stereocenters. The van der Waals surface area contributed by atoms with E-state index in [4.69, 9.17) is 5.21 Å². The average molecular weight is 147 g/mol. The highest BCUT2D eigenvalue weighted by atomic mass is 16.7. The lowest BCUT2D eigenvalue weighted by Gasteiger charge is -2.05. The van der Waals surface area contributed by atoms with Crippen LogP contribution in [0.25, 0.3) is 0 Å². The van der Waals surface area contributed by atoms with E-state index in [9.17, 15) is 10.1 Å².